The van der Waals surface area contributed by atoms with Crippen LogP contribution < -0.4 is 10.2 Å². The van der Waals surface area contributed by atoms with Crippen LogP contribution in [0.15, 0.2) is 42.5 Å². The first kappa shape index (κ1) is 17.3. The molecular formula is C22H22FN3O2. The molecule has 6 heteroatoms. The van der Waals surface area contributed by atoms with Crippen LogP contribution in [0.2, 0.25) is 0 Å². The van der Waals surface area contributed by atoms with Crippen LogP contribution >= 0.6 is 0 Å². The predicted octanol–water partition coefficient (Wildman–Crippen LogP) is 4.24. The van der Waals surface area contributed by atoms with Crippen LogP contribution in [0.4, 0.5) is 15.8 Å². The molecule has 1 aromatic heterocycles. The molecule has 2 aromatic carbocycles. The number of ether oxygens (including phenoxy) is 1. The molecule has 5 nitrogen and oxygen atoms in total. The number of nitrogens with zero attached hydrogens (tertiary/aromatic N) is 1. The van der Waals surface area contributed by atoms with Gasteiger partial charge >= 0.3 is 0 Å². The number of rotatable bonds is 3. The lowest BCUT2D eigenvalue weighted by Crippen LogP contribution is -2.45. The zero-order valence-electron chi connectivity index (χ0n) is 15.7. The van der Waals surface area contributed by atoms with E-state index in [4.69, 9.17) is 4.74 Å². The predicted molar refractivity (Wildman–Crippen MR) is 107 cm³/mol. The average Bonchev–Trinajstić information content (AvgIpc) is 3.25. The van der Waals surface area contributed by atoms with Crippen molar-refractivity contribution in [2.75, 3.05) is 23.4 Å². The zero-order valence-corrected chi connectivity index (χ0v) is 15.7. The van der Waals surface area contributed by atoms with Crippen molar-refractivity contribution in [2.24, 2.45) is 0 Å². The van der Waals surface area contributed by atoms with Crippen molar-refractivity contribution >= 4 is 28.2 Å². The average molecular weight is 379 g/mol. The fourth-order valence-electron chi connectivity index (χ4n) is 4.44. The van der Waals surface area contributed by atoms with Gasteiger partial charge in [0, 0.05) is 16.8 Å². The number of carbonyl (C=O) groups is 1. The lowest BCUT2D eigenvalue weighted by Gasteiger charge is -2.36. The van der Waals surface area contributed by atoms with Gasteiger partial charge in [-0.1, -0.05) is 12.1 Å². The number of H-pyrrole nitrogens is 1. The molecule has 2 saturated heterocycles. The maximum Gasteiger partial charge on any atom is 0.272 e. The fraction of sp³-hybridized carbons (Fsp3) is 0.318. The molecule has 144 valence electrons. The molecule has 0 radical (unpaired) electrons. The Morgan fingerprint density at radius 1 is 1.18 bits per heavy atom. The molecule has 2 atom stereocenters. The third kappa shape index (κ3) is 2.85. The van der Waals surface area contributed by atoms with E-state index < -0.39 is 0 Å². The minimum absolute atomic E-state index is 0.280. The maximum absolute atomic E-state index is 14.0. The van der Waals surface area contributed by atoms with Crippen molar-refractivity contribution in [2.45, 2.75) is 31.8 Å². The molecule has 2 N–H and O–H groups in total. The Kier molecular flexibility index (Phi) is 4.09. The molecule has 5 rings (SSSR count). The number of carbonyl (C=O) groups excluding carboxylic acids is 1. The van der Waals surface area contributed by atoms with Crippen LogP contribution in [0.25, 0.3) is 10.9 Å². The van der Waals surface area contributed by atoms with E-state index in [1.807, 2.05) is 25.1 Å². The first-order chi connectivity index (χ1) is 13.6. The Balaban J connectivity index is 1.40. The molecule has 3 heterocycles. The second-order valence-electron chi connectivity index (χ2n) is 7.67. The second-order valence-corrected chi connectivity index (χ2v) is 7.67. The Hall–Kier alpha value is -2.86. The summed E-state index contributed by atoms with van der Waals surface area (Å²) in [7, 11) is 0. The van der Waals surface area contributed by atoms with E-state index in [0.717, 1.165) is 43.0 Å². The first-order valence-corrected chi connectivity index (χ1v) is 9.65. The standard InChI is InChI=1S/C22H22FN3O2/c1-13-5-8-19(23)18-10-20(25-21(13)18)22(27)24-14-3-2-4-15(9-14)26-16-6-7-17(26)12-28-11-16/h2-5,8-10,16-17,25H,6-7,11-12H2,1H3,(H,24,27). The largest absolute Gasteiger partial charge is 0.377 e. The van der Waals surface area contributed by atoms with Crippen LogP contribution in [0.5, 0.6) is 0 Å². The van der Waals surface area contributed by atoms with E-state index in [-0.39, 0.29) is 11.7 Å². The number of aryl methyl sites for hydroxylation is 1. The quantitative estimate of drug-likeness (QED) is 0.716. The van der Waals surface area contributed by atoms with Gasteiger partial charge in [-0.3, -0.25) is 4.79 Å². The molecular weight excluding hydrogens is 357 g/mol. The molecule has 2 bridgehead atoms. The summed E-state index contributed by atoms with van der Waals surface area (Å²) >= 11 is 0. The van der Waals surface area contributed by atoms with Gasteiger partial charge in [-0.15, -0.1) is 0 Å². The minimum atomic E-state index is -0.333. The molecule has 2 aliphatic heterocycles. The van der Waals surface area contributed by atoms with Crippen LogP contribution in [0.3, 0.4) is 0 Å². The smallest absolute Gasteiger partial charge is 0.272 e. The van der Waals surface area contributed by atoms with Gasteiger partial charge in [0.05, 0.1) is 30.8 Å². The van der Waals surface area contributed by atoms with Crippen LogP contribution in [0, 0.1) is 12.7 Å². The Morgan fingerprint density at radius 2 is 1.96 bits per heavy atom. The van der Waals surface area contributed by atoms with Gasteiger partial charge in [-0.05, 0) is 55.7 Å². The van der Waals surface area contributed by atoms with Crippen LogP contribution in [-0.2, 0) is 4.74 Å². The number of nitrogens with one attached hydrogen (secondary N) is 2. The molecule has 2 aliphatic rings. The summed E-state index contributed by atoms with van der Waals surface area (Å²) in [4.78, 5) is 18.2. The summed E-state index contributed by atoms with van der Waals surface area (Å²) in [6, 6.07) is 13.4. The van der Waals surface area contributed by atoms with Crippen LogP contribution in [0.1, 0.15) is 28.9 Å². The highest BCUT2D eigenvalue weighted by Crippen LogP contribution is 2.35. The van der Waals surface area contributed by atoms with Crippen molar-refractivity contribution in [3.05, 3.63) is 59.5 Å². The van der Waals surface area contributed by atoms with Gasteiger partial charge in [-0.25, -0.2) is 4.39 Å². The van der Waals surface area contributed by atoms with Gasteiger partial charge in [0.25, 0.3) is 5.91 Å². The Bertz CT molecular complexity index is 1010. The summed E-state index contributed by atoms with van der Waals surface area (Å²) in [5, 5.41) is 3.37. The van der Waals surface area contributed by atoms with Gasteiger partial charge in [0.15, 0.2) is 0 Å². The maximum atomic E-state index is 14.0. The summed E-state index contributed by atoms with van der Waals surface area (Å²) in [5.74, 6) is -0.613. The van der Waals surface area contributed by atoms with Crippen molar-refractivity contribution in [1.29, 1.82) is 0 Å². The number of hydrogen-bond donors (Lipinski definition) is 2. The molecule has 3 aromatic rings. The van der Waals surface area contributed by atoms with Crippen molar-refractivity contribution in [1.82, 2.24) is 4.98 Å². The number of hydrogen-bond acceptors (Lipinski definition) is 3. The van der Waals surface area contributed by atoms with Gasteiger partial charge in [0.1, 0.15) is 11.5 Å². The molecule has 0 saturated carbocycles. The molecule has 0 spiro atoms. The highest BCUT2D eigenvalue weighted by atomic mass is 19.1. The topological polar surface area (TPSA) is 57.4 Å². The molecule has 0 aliphatic carbocycles. The van der Waals surface area contributed by atoms with Crippen molar-refractivity contribution < 1.29 is 13.9 Å². The SMILES string of the molecule is Cc1ccc(F)c2cc(C(=O)Nc3cccc(N4C5CCC4COC5)c3)[nH]c12. The minimum Gasteiger partial charge on any atom is -0.377 e. The lowest BCUT2D eigenvalue weighted by atomic mass is 10.1. The molecule has 28 heavy (non-hydrogen) atoms. The van der Waals surface area contributed by atoms with E-state index in [0.29, 0.717) is 28.7 Å². The summed E-state index contributed by atoms with van der Waals surface area (Å²) < 4.78 is 19.7. The highest BCUT2D eigenvalue weighted by Gasteiger charge is 2.37. The number of fused-ring (bicyclic) bond motifs is 3. The summed E-state index contributed by atoms with van der Waals surface area (Å²) in [6.45, 7) is 3.40. The number of amides is 1. The third-order valence-corrected chi connectivity index (χ3v) is 5.84. The highest BCUT2D eigenvalue weighted by molar-refractivity contribution is 6.06. The van der Waals surface area contributed by atoms with Crippen molar-refractivity contribution in [3.8, 4) is 0 Å². The monoisotopic (exact) mass is 379 g/mol. The number of halogens is 1. The first-order valence-electron chi connectivity index (χ1n) is 9.65. The second kappa shape index (κ2) is 6.63. The molecule has 2 unspecified atom stereocenters. The molecule has 2 fully saturated rings. The Morgan fingerprint density at radius 3 is 2.71 bits per heavy atom. The number of benzene rings is 2. The zero-order chi connectivity index (χ0) is 19.3. The number of aromatic amines is 1. The number of morpholine rings is 1. The third-order valence-electron chi connectivity index (χ3n) is 5.84. The van der Waals surface area contributed by atoms with Gasteiger partial charge < -0.3 is 19.9 Å². The fourth-order valence-corrected chi connectivity index (χ4v) is 4.44. The Labute approximate surface area is 162 Å². The van der Waals surface area contributed by atoms with E-state index in [9.17, 15) is 9.18 Å². The van der Waals surface area contributed by atoms with Crippen molar-refractivity contribution in [3.63, 3.8) is 0 Å². The summed E-state index contributed by atoms with van der Waals surface area (Å²) in [5.41, 5.74) is 3.74. The van der Waals surface area contributed by atoms with Gasteiger partial charge in [0.2, 0.25) is 0 Å². The normalized spacial score (nSPS) is 21.3. The van der Waals surface area contributed by atoms with E-state index in [1.54, 1.807) is 12.1 Å². The van der Waals surface area contributed by atoms with E-state index >= 15 is 0 Å². The summed E-state index contributed by atoms with van der Waals surface area (Å²) in [6.07, 6.45) is 2.28. The number of anilines is 2. The van der Waals surface area contributed by atoms with E-state index in [2.05, 4.69) is 21.3 Å². The lowest BCUT2D eigenvalue weighted by molar-refractivity contribution is 0.0906. The van der Waals surface area contributed by atoms with Gasteiger partial charge in [-0.2, -0.15) is 0 Å². The van der Waals surface area contributed by atoms with E-state index in [1.165, 1.54) is 6.07 Å². The molecule has 1 amide bonds. The van der Waals surface area contributed by atoms with Crippen LogP contribution in [-0.4, -0.2) is 36.2 Å². The number of aromatic nitrogens is 1.